The van der Waals surface area contributed by atoms with Crippen LogP contribution in [0.25, 0.3) is 0 Å². The molecule has 2 aromatic carbocycles. The van der Waals surface area contributed by atoms with Crippen molar-refractivity contribution in [3.8, 4) is 11.8 Å². The molecule has 98 valence electrons. The van der Waals surface area contributed by atoms with E-state index in [1.54, 1.807) is 0 Å². The SMILES string of the molecule is N#Cc1ccc(OC(=O)c2ccc([N+](=O)[O-])cc2)cc1. The molecule has 0 amide bonds. The second-order valence-electron chi connectivity index (χ2n) is 3.83. The number of ether oxygens (including phenoxy) is 1. The quantitative estimate of drug-likeness (QED) is 0.369. The van der Waals surface area contributed by atoms with Gasteiger partial charge in [0.25, 0.3) is 5.69 Å². The zero-order valence-electron chi connectivity index (χ0n) is 10.1. The Bertz CT molecular complexity index is 685. The van der Waals surface area contributed by atoms with Crippen molar-refractivity contribution in [3.63, 3.8) is 0 Å². The van der Waals surface area contributed by atoms with Crippen molar-refractivity contribution in [2.24, 2.45) is 0 Å². The molecule has 0 saturated carbocycles. The molecular formula is C14H8N2O4. The molecule has 0 N–H and O–H groups in total. The minimum Gasteiger partial charge on any atom is -0.423 e. The van der Waals surface area contributed by atoms with E-state index in [2.05, 4.69) is 0 Å². The van der Waals surface area contributed by atoms with Crippen LogP contribution in [0.5, 0.6) is 5.75 Å². The highest BCUT2D eigenvalue weighted by Crippen LogP contribution is 2.16. The van der Waals surface area contributed by atoms with Gasteiger partial charge in [-0.3, -0.25) is 10.1 Å². The first kappa shape index (κ1) is 13.2. The number of non-ortho nitro benzene ring substituents is 1. The number of carbonyl (C=O) groups excluding carboxylic acids is 1. The standard InChI is InChI=1S/C14H8N2O4/c15-9-10-1-7-13(8-2-10)20-14(17)11-3-5-12(6-4-11)16(18)19/h1-8H. The van der Waals surface area contributed by atoms with Gasteiger partial charge in [-0.1, -0.05) is 0 Å². The van der Waals surface area contributed by atoms with Crippen LogP contribution in [0.3, 0.4) is 0 Å². The Hall–Kier alpha value is -3.20. The second-order valence-corrected chi connectivity index (χ2v) is 3.83. The summed E-state index contributed by atoms with van der Waals surface area (Å²) < 4.78 is 5.08. The third kappa shape index (κ3) is 2.97. The average molecular weight is 268 g/mol. The Balaban J connectivity index is 2.11. The van der Waals surface area contributed by atoms with E-state index in [-0.39, 0.29) is 11.3 Å². The lowest BCUT2D eigenvalue weighted by Crippen LogP contribution is -2.08. The summed E-state index contributed by atoms with van der Waals surface area (Å²) in [6, 6.07) is 13.1. The maximum Gasteiger partial charge on any atom is 0.343 e. The van der Waals surface area contributed by atoms with Crippen LogP contribution in [0.15, 0.2) is 48.5 Å². The van der Waals surface area contributed by atoms with Crippen molar-refractivity contribution in [1.29, 1.82) is 5.26 Å². The summed E-state index contributed by atoms with van der Waals surface area (Å²) in [4.78, 5) is 21.7. The molecule has 0 heterocycles. The Morgan fingerprint density at radius 3 is 2.20 bits per heavy atom. The van der Waals surface area contributed by atoms with Gasteiger partial charge in [0.2, 0.25) is 0 Å². The first-order chi connectivity index (χ1) is 9.60. The van der Waals surface area contributed by atoms with Crippen molar-refractivity contribution in [1.82, 2.24) is 0 Å². The van der Waals surface area contributed by atoms with Gasteiger partial charge in [-0.15, -0.1) is 0 Å². The van der Waals surface area contributed by atoms with Crippen LogP contribution in [-0.2, 0) is 0 Å². The molecule has 2 aromatic rings. The van der Waals surface area contributed by atoms with Gasteiger partial charge in [0.1, 0.15) is 5.75 Å². The maximum absolute atomic E-state index is 11.8. The molecule has 0 aromatic heterocycles. The number of benzene rings is 2. The number of nitriles is 1. The number of nitrogens with zero attached hydrogens (tertiary/aromatic N) is 2. The highest BCUT2D eigenvalue weighted by Gasteiger charge is 2.11. The van der Waals surface area contributed by atoms with Gasteiger partial charge in [-0.25, -0.2) is 4.79 Å². The zero-order valence-corrected chi connectivity index (χ0v) is 10.1. The van der Waals surface area contributed by atoms with Crippen LogP contribution in [0, 0.1) is 21.4 Å². The van der Waals surface area contributed by atoms with Gasteiger partial charge in [0.15, 0.2) is 0 Å². The summed E-state index contributed by atoms with van der Waals surface area (Å²) in [5.41, 5.74) is 0.569. The van der Waals surface area contributed by atoms with Gasteiger partial charge in [-0.05, 0) is 36.4 Å². The number of esters is 1. The number of nitro groups is 1. The number of hydrogen-bond acceptors (Lipinski definition) is 5. The highest BCUT2D eigenvalue weighted by atomic mass is 16.6. The van der Waals surface area contributed by atoms with Gasteiger partial charge in [0, 0.05) is 12.1 Å². The van der Waals surface area contributed by atoms with Crippen molar-refractivity contribution < 1.29 is 14.5 Å². The molecule has 2 rings (SSSR count). The number of hydrogen-bond donors (Lipinski definition) is 0. The van der Waals surface area contributed by atoms with E-state index in [1.165, 1.54) is 48.5 Å². The lowest BCUT2D eigenvalue weighted by molar-refractivity contribution is -0.384. The summed E-state index contributed by atoms with van der Waals surface area (Å²) in [5, 5.41) is 19.1. The fourth-order valence-corrected chi connectivity index (χ4v) is 1.48. The smallest absolute Gasteiger partial charge is 0.343 e. The molecule has 6 heteroatoms. The largest absolute Gasteiger partial charge is 0.423 e. The predicted molar refractivity (Wildman–Crippen MR) is 69.2 cm³/mol. The van der Waals surface area contributed by atoms with Crippen LogP contribution in [0.1, 0.15) is 15.9 Å². The molecule has 0 aliphatic rings. The molecular weight excluding hydrogens is 260 g/mol. The fraction of sp³-hybridized carbons (Fsp3) is 0. The van der Waals surface area contributed by atoms with Gasteiger partial charge in [-0.2, -0.15) is 5.26 Å². The summed E-state index contributed by atoms with van der Waals surface area (Å²) >= 11 is 0. The summed E-state index contributed by atoms with van der Waals surface area (Å²) in [6.07, 6.45) is 0. The third-order valence-corrected chi connectivity index (χ3v) is 2.51. The molecule has 0 saturated heterocycles. The Morgan fingerprint density at radius 2 is 1.70 bits per heavy atom. The monoisotopic (exact) mass is 268 g/mol. The Kier molecular flexibility index (Phi) is 3.72. The normalized spacial score (nSPS) is 9.55. The van der Waals surface area contributed by atoms with Crippen molar-refractivity contribution in [2.75, 3.05) is 0 Å². The first-order valence-electron chi connectivity index (χ1n) is 5.57. The van der Waals surface area contributed by atoms with Crippen LogP contribution in [0.2, 0.25) is 0 Å². The van der Waals surface area contributed by atoms with E-state index in [0.717, 1.165) is 0 Å². The van der Waals surface area contributed by atoms with E-state index in [0.29, 0.717) is 11.3 Å². The van der Waals surface area contributed by atoms with Crippen LogP contribution >= 0.6 is 0 Å². The molecule has 20 heavy (non-hydrogen) atoms. The predicted octanol–water partition coefficient (Wildman–Crippen LogP) is 2.69. The van der Waals surface area contributed by atoms with E-state index in [4.69, 9.17) is 10.00 Å². The van der Waals surface area contributed by atoms with E-state index >= 15 is 0 Å². The van der Waals surface area contributed by atoms with Crippen molar-refractivity contribution in [2.45, 2.75) is 0 Å². The number of rotatable bonds is 3. The van der Waals surface area contributed by atoms with Crippen molar-refractivity contribution in [3.05, 3.63) is 69.8 Å². The van der Waals surface area contributed by atoms with Gasteiger partial charge < -0.3 is 4.74 Å². The number of nitro benzene ring substituents is 1. The molecule has 6 nitrogen and oxygen atoms in total. The lowest BCUT2D eigenvalue weighted by Gasteiger charge is -2.04. The molecule has 0 aliphatic heterocycles. The van der Waals surface area contributed by atoms with Crippen LogP contribution in [-0.4, -0.2) is 10.9 Å². The minimum absolute atomic E-state index is 0.0973. The molecule has 0 fully saturated rings. The molecule has 0 bridgehead atoms. The van der Waals surface area contributed by atoms with E-state index in [1.807, 2.05) is 6.07 Å². The van der Waals surface area contributed by atoms with E-state index < -0.39 is 10.9 Å². The fourth-order valence-electron chi connectivity index (χ4n) is 1.48. The van der Waals surface area contributed by atoms with Crippen LogP contribution in [0.4, 0.5) is 5.69 Å². The zero-order chi connectivity index (χ0) is 14.5. The summed E-state index contributed by atoms with van der Waals surface area (Å²) in [5.74, 6) is -0.322. The molecule has 0 unspecified atom stereocenters. The first-order valence-corrected chi connectivity index (χ1v) is 5.57. The minimum atomic E-state index is -0.621. The molecule has 0 radical (unpaired) electrons. The van der Waals surface area contributed by atoms with Crippen LogP contribution < -0.4 is 4.74 Å². The second kappa shape index (κ2) is 5.63. The Morgan fingerprint density at radius 1 is 1.10 bits per heavy atom. The molecule has 0 spiro atoms. The molecule has 0 aliphatic carbocycles. The van der Waals surface area contributed by atoms with E-state index in [9.17, 15) is 14.9 Å². The lowest BCUT2D eigenvalue weighted by atomic mass is 10.2. The summed E-state index contributed by atoms with van der Waals surface area (Å²) in [6.45, 7) is 0. The topological polar surface area (TPSA) is 93.2 Å². The van der Waals surface area contributed by atoms with Gasteiger partial charge >= 0.3 is 5.97 Å². The third-order valence-electron chi connectivity index (χ3n) is 2.51. The van der Waals surface area contributed by atoms with Gasteiger partial charge in [0.05, 0.1) is 22.1 Å². The van der Waals surface area contributed by atoms with Crippen molar-refractivity contribution >= 4 is 11.7 Å². The number of carbonyl (C=O) groups is 1. The molecule has 0 atom stereocenters. The average Bonchev–Trinajstić information content (AvgIpc) is 2.48. The Labute approximate surface area is 114 Å². The summed E-state index contributed by atoms with van der Waals surface area (Å²) in [7, 11) is 0. The maximum atomic E-state index is 11.8. The highest BCUT2D eigenvalue weighted by molar-refractivity contribution is 5.91.